The van der Waals surface area contributed by atoms with E-state index in [4.69, 9.17) is 9.47 Å². The third kappa shape index (κ3) is 5.55. The number of carbonyl (C=O) groups is 1. The molecule has 1 atom stereocenters. The number of sulfonamides is 1. The van der Waals surface area contributed by atoms with Crippen LogP contribution in [0.5, 0.6) is 5.75 Å². The summed E-state index contributed by atoms with van der Waals surface area (Å²) in [4.78, 5) is 12.4. The van der Waals surface area contributed by atoms with Gasteiger partial charge in [-0.25, -0.2) is 12.8 Å². The molecule has 29 heavy (non-hydrogen) atoms. The standard InChI is InChI=1S/C21H24FNO5S/c1-16-4-8-19(9-5-16)27-13-14-28-21(24)17-3-2-12-23(15-17)29(25,26)20-10-6-18(22)7-11-20/h4-11,17H,2-3,12-15H2,1H3/t17-/m0/s1. The van der Waals surface area contributed by atoms with Crippen LogP contribution in [0.3, 0.4) is 0 Å². The van der Waals surface area contributed by atoms with Gasteiger partial charge in [0.05, 0.1) is 10.8 Å². The molecule has 0 saturated carbocycles. The molecule has 0 bridgehead atoms. The van der Waals surface area contributed by atoms with E-state index in [2.05, 4.69) is 0 Å². The molecule has 1 heterocycles. The number of benzene rings is 2. The average molecular weight is 421 g/mol. The van der Waals surface area contributed by atoms with Crippen LogP contribution in [0, 0.1) is 18.7 Å². The van der Waals surface area contributed by atoms with Crippen LogP contribution in [-0.2, 0) is 19.6 Å². The fourth-order valence-electron chi connectivity index (χ4n) is 3.16. The van der Waals surface area contributed by atoms with Gasteiger partial charge in [0.25, 0.3) is 0 Å². The normalized spacial score (nSPS) is 17.7. The Balaban J connectivity index is 1.51. The van der Waals surface area contributed by atoms with E-state index in [9.17, 15) is 17.6 Å². The maximum atomic E-state index is 13.1. The van der Waals surface area contributed by atoms with Crippen molar-refractivity contribution in [1.29, 1.82) is 0 Å². The number of aryl methyl sites for hydroxylation is 1. The Labute approximate surface area is 170 Å². The zero-order valence-electron chi connectivity index (χ0n) is 16.2. The third-order valence-electron chi connectivity index (χ3n) is 4.79. The first kappa shape index (κ1) is 21.3. The van der Waals surface area contributed by atoms with E-state index in [1.807, 2.05) is 31.2 Å². The van der Waals surface area contributed by atoms with Crippen LogP contribution in [0.25, 0.3) is 0 Å². The van der Waals surface area contributed by atoms with E-state index in [-0.39, 0.29) is 24.7 Å². The summed E-state index contributed by atoms with van der Waals surface area (Å²) in [5.41, 5.74) is 1.13. The number of nitrogens with zero attached hydrogens (tertiary/aromatic N) is 1. The van der Waals surface area contributed by atoms with E-state index in [1.54, 1.807) is 0 Å². The van der Waals surface area contributed by atoms with Gasteiger partial charge >= 0.3 is 5.97 Å². The Bertz CT molecular complexity index is 929. The first-order valence-electron chi connectivity index (χ1n) is 9.48. The quantitative estimate of drug-likeness (QED) is 0.507. The average Bonchev–Trinajstić information content (AvgIpc) is 2.73. The highest BCUT2D eigenvalue weighted by Gasteiger charge is 2.34. The lowest BCUT2D eigenvalue weighted by Crippen LogP contribution is -2.42. The molecule has 2 aromatic carbocycles. The lowest BCUT2D eigenvalue weighted by atomic mass is 10.0. The van der Waals surface area contributed by atoms with E-state index >= 15 is 0 Å². The van der Waals surface area contributed by atoms with Gasteiger partial charge in [0, 0.05) is 13.1 Å². The minimum absolute atomic E-state index is 0.0133. The van der Waals surface area contributed by atoms with E-state index in [0.717, 1.165) is 17.7 Å². The minimum atomic E-state index is -3.78. The minimum Gasteiger partial charge on any atom is -0.490 e. The van der Waals surface area contributed by atoms with Crippen molar-refractivity contribution in [2.24, 2.45) is 5.92 Å². The Morgan fingerprint density at radius 2 is 1.79 bits per heavy atom. The molecule has 2 aromatic rings. The summed E-state index contributed by atoms with van der Waals surface area (Å²) in [6.07, 6.45) is 1.12. The van der Waals surface area contributed by atoms with Crippen molar-refractivity contribution in [3.05, 3.63) is 59.9 Å². The van der Waals surface area contributed by atoms with Gasteiger partial charge in [0.2, 0.25) is 10.0 Å². The molecule has 0 N–H and O–H groups in total. The molecule has 1 aliphatic heterocycles. The summed E-state index contributed by atoms with van der Waals surface area (Å²) in [7, 11) is -3.78. The number of ether oxygens (including phenoxy) is 2. The summed E-state index contributed by atoms with van der Waals surface area (Å²) >= 11 is 0. The predicted molar refractivity (Wildman–Crippen MR) is 106 cm³/mol. The fourth-order valence-corrected chi connectivity index (χ4v) is 4.69. The van der Waals surface area contributed by atoms with Crippen LogP contribution in [0.1, 0.15) is 18.4 Å². The molecule has 1 aliphatic rings. The van der Waals surface area contributed by atoms with Crippen LogP contribution >= 0.6 is 0 Å². The highest BCUT2D eigenvalue weighted by atomic mass is 32.2. The van der Waals surface area contributed by atoms with Gasteiger partial charge in [-0.05, 0) is 56.2 Å². The molecular formula is C21H24FNO5S. The molecule has 1 fully saturated rings. The smallest absolute Gasteiger partial charge is 0.310 e. The molecule has 0 amide bonds. The predicted octanol–water partition coefficient (Wildman–Crippen LogP) is 3.16. The molecular weight excluding hydrogens is 397 g/mol. The fraction of sp³-hybridized carbons (Fsp3) is 0.381. The Kier molecular flexibility index (Phi) is 6.87. The van der Waals surface area contributed by atoms with Gasteiger partial charge in [-0.3, -0.25) is 4.79 Å². The molecule has 3 rings (SSSR count). The number of carbonyl (C=O) groups excluding carboxylic acids is 1. The number of piperidine rings is 1. The molecule has 0 aromatic heterocycles. The maximum Gasteiger partial charge on any atom is 0.310 e. The third-order valence-corrected chi connectivity index (χ3v) is 6.67. The second kappa shape index (κ2) is 9.37. The largest absolute Gasteiger partial charge is 0.490 e. The number of hydrogen-bond donors (Lipinski definition) is 0. The second-order valence-corrected chi connectivity index (χ2v) is 8.92. The van der Waals surface area contributed by atoms with Crippen LogP contribution < -0.4 is 4.74 Å². The lowest BCUT2D eigenvalue weighted by molar-refractivity contribution is -0.150. The van der Waals surface area contributed by atoms with Crippen molar-refractivity contribution in [3.63, 3.8) is 0 Å². The van der Waals surface area contributed by atoms with Gasteiger partial charge in [0.1, 0.15) is 24.8 Å². The molecule has 8 heteroatoms. The van der Waals surface area contributed by atoms with Gasteiger partial charge in [-0.1, -0.05) is 17.7 Å². The molecule has 0 unspecified atom stereocenters. The van der Waals surface area contributed by atoms with Crippen LogP contribution in [0.4, 0.5) is 4.39 Å². The highest BCUT2D eigenvalue weighted by Crippen LogP contribution is 2.24. The summed E-state index contributed by atoms with van der Waals surface area (Å²) in [5, 5.41) is 0. The lowest BCUT2D eigenvalue weighted by Gasteiger charge is -2.30. The summed E-state index contributed by atoms with van der Waals surface area (Å²) in [5.74, 6) is -0.771. The molecule has 0 aliphatic carbocycles. The number of esters is 1. The number of rotatable bonds is 7. The van der Waals surface area contributed by atoms with Gasteiger partial charge in [-0.2, -0.15) is 4.31 Å². The zero-order valence-corrected chi connectivity index (χ0v) is 17.0. The van der Waals surface area contributed by atoms with Crippen molar-refractivity contribution < 1.29 is 27.1 Å². The molecule has 6 nitrogen and oxygen atoms in total. The molecule has 0 radical (unpaired) electrons. The van der Waals surface area contributed by atoms with Crippen molar-refractivity contribution >= 4 is 16.0 Å². The van der Waals surface area contributed by atoms with Gasteiger partial charge < -0.3 is 9.47 Å². The Hall–Kier alpha value is -2.45. The van der Waals surface area contributed by atoms with Crippen LogP contribution in [0.2, 0.25) is 0 Å². The second-order valence-electron chi connectivity index (χ2n) is 6.99. The first-order chi connectivity index (χ1) is 13.9. The van der Waals surface area contributed by atoms with E-state index < -0.39 is 27.7 Å². The van der Waals surface area contributed by atoms with Crippen molar-refractivity contribution in [2.45, 2.75) is 24.7 Å². The Morgan fingerprint density at radius 1 is 1.10 bits per heavy atom. The SMILES string of the molecule is Cc1ccc(OCCOC(=O)[C@H]2CCCN(S(=O)(=O)c3ccc(F)cc3)C2)cc1. The first-order valence-corrected chi connectivity index (χ1v) is 10.9. The topological polar surface area (TPSA) is 72.9 Å². The van der Waals surface area contributed by atoms with E-state index in [0.29, 0.717) is 25.1 Å². The number of halogens is 1. The number of hydrogen-bond acceptors (Lipinski definition) is 5. The van der Waals surface area contributed by atoms with Crippen LogP contribution in [0.15, 0.2) is 53.4 Å². The summed E-state index contributed by atoms with van der Waals surface area (Å²) in [6.45, 7) is 2.67. The summed E-state index contributed by atoms with van der Waals surface area (Å²) < 4.78 is 50.6. The summed E-state index contributed by atoms with van der Waals surface area (Å²) in [6, 6.07) is 12.2. The Morgan fingerprint density at radius 3 is 2.48 bits per heavy atom. The van der Waals surface area contributed by atoms with Gasteiger partial charge in [0.15, 0.2) is 0 Å². The van der Waals surface area contributed by atoms with Crippen LogP contribution in [-0.4, -0.2) is 45.0 Å². The maximum absolute atomic E-state index is 13.1. The highest BCUT2D eigenvalue weighted by molar-refractivity contribution is 7.89. The monoisotopic (exact) mass is 421 g/mol. The molecule has 1 saturated heterocycles. The van der Waals surface area contributed by atoms with Crippen molar-refractivity contribution in [3.8, 4) is 5.75 Å². The molecule has 0 spiro atoms. The zero-order chi connectivity index (χ0) is 20.9. The van der Waals surface area contributed by atoms with E-state index in [1.165, 1.54) is 16.4 Å². The van der Waals surface area contributed by atoms with Crippen molar-refractivity contribution in [2.75, 3.05) is 26.3 Å². The van der Waals surface area contributed by atoms with Gasteiger partial charge in [-0.15, -0.1) is 0 Å². The molecule has 156 valence electrons. The van der Waals surface area contributed by atoms with Crippen molar-refractivity contribution in [1.82, 2.24) is 4.31 Å².